The number of hydrogen-bond donors (Lipinski definition) is 3. The average molecular weight is 233 g/mol. The molecule has 3 heterocycles. The molecule has 4 heteroatoms. The van der Waals surface area contributed by atoms with E-state index in [0.717, 1.165) is 24.1 Å². The molecular weight excluding hydrogens is 214 g/mol. The van der Waals surface area contributed by atoms with E-state index in [1.54, 1.807) is 18.5 Å². The van der Waals surface area contributed by atoms with Crippen LogP contribution in [0.3, 0.4) is 0 Å². The topological polar surface area (TPSA) is 71.2 Å². The summed E-state index contributed by atoms with van der Waals surface area (Å²) >= 11 is 0. The summed E-state index contributed by atoms with van der Waals surface area (Å²) in [6, 6.07) is 2.77. The fourth-order valence-electron chi connectivity index (χ4n) is 3.31. The molecule has 1 aromatic heterocycles. The van der Waals surface area contributed by atoms with E-state index in [0.29, 0.717) is 18.5 Å². The summed E-state index contributed by atoms with van der Waals surface area (Å²) in [6.07, 6.45) is 8.13. The molecule has 0 aliphatic carbocycles. The van der Waals surface area contributed by atoms with Crippen molar-refractivity contribution in [2.75, 3.05) is 5.73 Å². The Morgan fingerprint density at radius 1 is 1.41 bits per heavy atom. The number of nitrogens with one attached hydrogen (secondary N) is 1. The smallest absolute Gasteiger partial charge is 0.0718 e. The molecule has 4 nitrogen and oxygen atoms in total. The van der Waals surface area contributed by atoms with Crippen molar-refractivity contribution in [3.63, 3.8) is 0 Å². The minimum absolute atomic E-state index is 0.483. The average Bonchev–Trinajstić information content (AvgIpc) is 2.62. The van der Waals surface area contributed by atoms with Crippen molar-refractivity contribution < 1.29 is 5.11 Å². The summed E-state index contributed by atoms with van der Waals surface area (Å²) in [5, 5.41) is 14.2. The quantitative estimate of drug-likeness (QED) is 0.708. The molecule has 2 bridgehead atoms. The molecule has 2 unspecified atom stereocenters. The maximum atomic E-state index is 10.7. The Bertz CT molecular complexity index is 409. The van der Waals surface area contributed by atoms with E-state index in [4.69, 9.17) is 5.73 Å². The predicted octanol–water partition coefficient (Wildman–Crippen LogP) is 0.852. The number of nitrogens with zero attached hydrogens (tertiary/aromatic N) is 1. The lowest BCUT2D eigenvalue weighted by Crippen LogP contribution is -2.49. The van der Waals surface area contributed by atoms with Gasteiger partial charge in [0.15, 0.2) is 0 Å². The Hall–Kier alpha value is -1.13. The van der Waals surface area contributed by atoms with Crippen LogP contribution in [-0.4, -0.2) is 27.8 Å². The van der Waals surface area contributed by atoms with Gasteiger partial charge in [0.25, 0.3) is 0 Å². The Morgan fingerprint density at radius 3 is 2.76 bits per heavy atom. The summed E-state index contributed by atoms with van der Waals surface area (Å²) in [6.45, 7) is 0. The zero-order chi connectivity index (χ0) is 11.9. The molecule has 2 fully saturated rings. The van der Waals surface area contributed by atoms with Gasteiger partial charge >= 0.3 is 0 Å². The molecule has 1 aromatic rings. The number of anilines is 1. The fraction of sp³-hybridized carbons (Fsp3) is 0.615. The molecule has 2 atom stereocenters. The van der Waals surface area contributed by atoms with Gasteiger partial charge in [-0.25, -0.2) is 0 Å². The Kier molecular flexibility index (Phi) is 2.56. The van der Waals surface area contributed by atoms with Gasteiger partial charge < -0.3 is 16.2 Å². The first-order valence-electron chi connectivity index (χ1n) is 6.31. The first-order chi connectivity index (χ1) is 8.15. The number of nitrogens with two attached hydrogens (primary N) is 1. The van der Waals surface area contributed by atoms with Gasteiger partial charge in [0.05, 0.1) is 5.60 Å². The Morgan fingerprint density at radius 2 is 2.12 bits per heavy atom. The molecule has 0 aromatic carbocycles. The second-order valence-electron chi connectivity index (χ2n) is 5.52. The third-order valence-electron chi connectivity index (χ3n) is 4.05. The number of rotatable bonds is 2. The number of aliphatic hydroxyl groups is 1. The van der Waals surface area contributed by atoms with E-state index in [-0.39, 0.29) is 0 Å². The second-order valence-corrected chi connectivity index (χ2v) is 5.52. The molecule has 2 aliphatic heterocycles. The first-order valence-corrected chi connectivity index (χ1v) is 6.31. The maximum absolute atomic E-state index is 10.7. The van der Waals surface area contributed by atoms with Crippen LogP contribution in [0.15, 0.2) is 18.5 Å². The number of hydrogen-bond acceptors (Lipinski definition) is 4. The summed E-state index contributed by atoms with van der Waals surface area (Å²) in [4.78, 5) is 4.09. The number of aromatic nitrogens is 1. The summed E-state index contributed by atoms with van der Waals surface area (Å²) in [5.41, 5.74) is 7.02. The van der Waals surface area contributed by atoms with E-state index in [1.165, 1.54) is 12.8 Å². The normalized spacial score (nSPS) is 36.1. The van der Waals surface area contributed by atoms with Crippen LogP contribution in [0.2, 0.25) is 0 Å². The van der Waals surface area contributed by atoms with Crippen molar-refractivity contribution in [3.8, 4) is 0 Å². The number of piperidine rings is 1. The van der Waals surface area contributed by atoms with E-state index >= 15 is 0 Å². The molecule has 0 amide bonds. The highest BCUT2D eigenvalue weighted by Crippen LogP contribution is 2.36. The molecule has 0 radical (unpaired) electrons. The van der Waals surface area contributed by atoms with Crippen molar-refractivity contribution in [2.45, 2.75) is 49.8 Å². The van der Waals surface area contributed by atoms with Gasteiger partial charge in [-0.15, -0.1) is 0 Å². The van der Waals surface area contributed by atoms with Crippen LogP contribution < -0.4 is 11.1 Å². The zero-order valence-corrected chi connectivity index (χ0v) is 9.89. The van der Waals surface area contributed by atoms with Gasteiger partial charge in [0, 0.05) is 36.6 Å². The molecule has 0 saturated carbocycles. The predicted molar refractivity (Wildman–Crippen MR) is 66.5 cm³/mol. The van der Waals surface area contributed by atoms with E-state index in [2.05, 4.69) is 10.3 Å². The SMILES string of the molecule is Nc1ccncc1CC1(O)CC2CCC(C1)N2. The van der Waals surface area contributed by atoms with Crippen LogP contribution in [-0.2, 0) is 6.42 Å². The largest absolute Gasteiger partial charge is 0.398 e. The molecule has 0 spiro atoms. The summed E-state index contributed by atoms with van der Waals surface area (Å²) in [7, 11) is 0. The minimum Gasteiger partial charge on any atom is -0.398 e. The van der Waals surface area contributed by atoms with Gasteiger partial charge in [0.2, 0.25) is 0 Å². The number of pyridine rings is 1. The third-order valence-corrected chi connectivity index (χ3v) is 4.05. The van der Waals surface area contributed by atoms with Crippen molar-refractivity contribution >= 4 is 5.69 Å². The molecule has 2 saturated heterocycles. The molecule has 2 aliphatic rings. The van der Waals surface area contributed by atoms with Crippen LogP contribution in [0.4, 0.5) is 5.69 Å². The van der Waals surface area contributed by atoms with Gasteiger partial charge in [-0.3, -0.25) is 4.98 Å². The number of nitrogen functional groups attached to an aromatic ring is 1. The van der Waals surface area contributed by atoms with Gasteiger partial charge in [-0.05, 0) is 37.3 Å². The van der Waals surface area contributed by atoms with Gasteiger partial charge in [0.1, 0.15) is 0 Å². The van der Waals surface area contributed by atoms with Crippen LogP contribution in [0, 0.1) is 0 Å². The molecule has 92 valence electrons. The Labute approximate surface area is 101 Å². The van der Waals surface area contributed by atoms with Gasteiger partial charge in [-0.1, -0.05) is 0 Å². The zero-order valence-electron chi connectivity index (χ0n) is 9.89. The second kappa shape index (κ2) is 3.96. The number of fused-ring (bicyclic) bond motifs is 2. The molecule has 4 N–H and O–H groups in total. The lowest BCUT2D eigenvalue weighted by Gasteiger charge is -2.37. The molecule has 3 rings (SSSR count). The molecule has 17 heavy (non-hydrogen) atoms. The van der Waals surface area contributed by atoms with Crippen molar-refractivity contribution in [3.05, 3.63) is 24.0 Å². The fourth-order valence-corrected chi connectivity index (χ4v) is 3.31. The van der Waals surface area contributed by atoms with Crippen molar-refractivity contribution in [1.82, 2.24) is 10.3 Å². The lowest BCUT2D eigenvalue weighted by atomic mass is 9.82. The highest BCUT2D eigenvalue weighted by Gasteiger charge is 2.42. The standard InChI is InChI=1S/C13H19N3O/c14-12-3-4-15-8-9(12)5-13(17)6-10-1-2-11(7-13)16-10/h3-4,8,10-11,16-17H,1-2,5-7H2,(H2,14,15). The maximum Gasteiger partial charge on any atom is 0.0718 e. The minimum atomic E-state index is -0.603. The van der Waals surface area contributed by atoms with E-state index < -0.39 is 5.60 Å². The first kappa shape index (κ1) is 11.0. The van der Waals surface area contributed by atoms with Crippen molar-refractivity contribution in [1.29, 1.82) is 0 Å². The lowest BCUT2D eigenvalue weighted by molar-refractivity contribution is -0.00602. The Balaban J connectivity index is 1.78. The molecular formula is C13H19N3O. The summed E-state index contributed by atoms with van der Waals surface area (Å²) < 4.78 is 0. The third kappa shape index (κ3) is 2.15. The van der Waals surface area contributed by atoms with Crippen LogP contribution in [0.1, 0.15) is 31.2 Å². The highest BCUT2D eigenvalue weighted by atomic mass is 16.3. The van der Waals surface area contributed by atoms with E-state index in [1.807, 2.05) is 0 Å². The summed E-state index contributed by atoms with van der Waals surface area (Å²) in [5.74, 6) is 0. The van der Waals surface area contributed by atoms with Crippen molar-refractivity contribution in [2.24, 2.45) is 0 Å². The van der Waals surface area contributed by atoms with Gasteiger partial charge in [-0.2, -0.15) is 0 Å². The van der Waals surface area contributed by atoms with E-state index in [9.17, 15) is 5.11 Å². The van der Waals surface area contributed by atoms with Crippen LogP contribution >= 0.6 is 0 Å². The monoisotopic (exact) mass is 233 g/mol. The van der Waals surface area contributed by atoms with Crippen LogP contribution in [0.25, 0.3) is 0 Å². The van der Waals surface area contributed by atoms with Crippen LogP contribution in [0.5, 0.6) is 0 Å². The highest BCUT2D eigenvalue weighted by molar-refractivity contribution is 5.45.